The lowest BCUT2D eigenvalue weighted by molar-refractivity contribution is -0.613. The molecule has 0 radical (unpaired) electrons. The average molecular weight is 566 g/mol. The van der Waals surface area contributed by atoms with Crippen LogP contribution in [0.15, 0.2) is 149 Å². The second-order valence-electron chi connectivity index (χ2n) is 11.0. The van der Waals surface area contributed by atoms with Crippen molar-refractivity contribution in [3.8, 4) is 5.82 Å². The van der Waals surface area contributed by atoms with Crippen molar-refractivity contribution in [1.82, 2.24) is 9.55 Å². The number of aromatic amines is 1. The molecule has 214 valence electrons. The maximum Gasteiger partial charge on any atom is 0.415 e. The first kappa shape index (κ1) is 29.3. The third kappa shape index (κ3) is 5.91. The van der Waals surface area contributed by atoms with Crippen LogP contribution in [0.25, 0.3) is 5.82 Å². The van der Waals surface area contributed by atoms with Crippen molar-refractivity contribution in [1.29, 1.82) is 0 Å². The van der Waals surface area contributed by atoms with Crippen LogP contribution in [0, 0.1) is 20.8 Å². The van der Waals surface area contributed by atoms with Crippen molar-refractivity contribution in [2.75, 3.05) is 0 Å². The van der Waals surface area contributed by atoms with Crippen LogP contribution in [0.5, 0.6) is 0 Å². The summed E-state index contributed by atoms with van der Waals surface area (Å²) in [5.41, 5.74) is 7.71. The number of benzene rings is 4. The van der Waals surface area contributed by atoms with Gasteiger partial charge in [-0.25, -0.2) is 13.9 Å². The predicted molar refractivity (Wildman–Crippen MR) is 178 cm³/mol. The summed E-state index contributed by atoms with van der Waals surface area (Å²) in [6, 6.07) is 49.0. The third-order valence-corrected chi connectivity index (χ3v) is 8.15. The summed E-state index contributed by atoms with van der Waals surface area (Å²) in [5, 5.41) is 0. The fourth-order valence-electron chi connectivity index (χ4n) is 6.27. The van der Waals surface area contributed by atoms with Gasteiger partial charge in [0, 0.05) is 7.05 Å². The zero-order chi connectivity index (χ0) is 30.4. The van der Waals surface area contributed by atoms with E-state index in [0.29, 0.717) is 5.82 Å². The number of aryl methyl sites for hydroxylation is 3. The number of H-pyrrole nitrogens is 1. The fourth-order valence-corrected chi connectivity index (χ4v) is 6.27. The van der Waals surface area contributed by atoms with Crippen LogP contribution in [0.1, 0.15) is 17.0 Å². The molecule has 0 amide bonds. The highest BCUT2D eigenvalue weighted by Crippen LogP contribution is 2.09. The molecule has 0 spiro atoms. The van der Waals surface area contributed by atoms with Crippen LogP contribution in [0.3, 0.4) is 0 Å². The van der Waals surface area contributed by atoms with Gasteiger partial charge in [0.1, 0.15) is 17.5 Å². The van der Waals surface area contributed by atoms with Crippen molar-refractivity contribution >= 4 is 28.0 Å². The molecule has 0 fully saturated rings. The molecule has 4 aromatic carbocycles. The number of hydrogen-bond acceptors (Lipinski definition) is 2. The Bertz CT molecular complexity index is 1720. The Hall–Kier alpha value is -5.23. The molecule has 2 aromatic heterocycles. The maximum atomic E-state index is 11.7. The Morgan fingerprint density at radius 3 is 1.23 bits per heavy atom. The molecule has 5 nitrogen and oxygen atoms in total. The first-order chi connectivity index (χ1) is 20.8. The van der Waals surface area contributed by atoms with E-state index in [9.17, 15) is 9.59 Å². The largest absolute Gasteiger partial charge is 0.415 e. The van der Waals surface area contributed by atoms with Gasteiger partial charge in [-0.1, -0.05) is 121 Å². The van der Waals surface area contributed by atoms with Gasteiger partial charge >= 0.3 is 5.69 Å². The Morgan fingerprint density at radius 2 is 0.907 bits per heavy atom. The van der Waals surface area contributed by atoms with Gasteiger partial charge in [0.05, 0.1) is 6.07 Å². The van der Waals surface area contributed by atoms with Crippen molar-refractivity contribution in [3.05, 3.63) is 177 Å². The van der Waals surface area contributed by atoms with Gasteiger partial charge in [-0.2, -0.15) is 26.8 Å². The average Bonchev–Trinajstić information content (AvgIpc) is 3.02. The third-order valence-electron chi connectivity index (χ3n) is 8.15. The summed E-state index contributed by atoms with van der Waals surface area (Å²) >= 11 is 0. The van der Waals surface area contributed by atoms with Gasteiger partial charge in [-0.15, -0.1) is 0 Å². The Morgan fingerprint density at radius 1 is 0.558 bits per heavy atom. The van der Waals surface area contributed by atoms with Gasteiger partial charge in [0.25, 0.3) is 11.4 Å². The zero-order valence-electron chi connectivity index (χ0n) is 25.1. The van der Waals surface area contributed by atoms with Gasteiger partial charge in [-0.05, 0) is 38.5 Å². The molecule has 43 heavy (non-hydrogen) atoms. The fraction of sp³-hybridized carbons (Fsp3) is 0.108. The second kappa shape index (κ2) is 12.7. The van der Waals surface area contributed by atoms with Crippen LogP contribution >= 0.6 is 0 Å². The van der Waals surface area contributed by atoms with E-state index < -0.39 is 11.8 Å². The molecule has 0 unspecified atom stereocenters. The first-order valence-corrected chi connectivity index (χ1v) is 14.5. The minimum absolute atomic E-state index is 0.319. The van der Waals surface area contributed by atoms with Crippen molar-refractivity contribution < 1.29 is 4.57 Å². The lowest BCUT2D eigenvalue weighted by Gasteiger charge is -2.44. The van der Waals surface area contributed by atoms with Crippen LogP contribution in [0.2, 0.25) is 0 Å². The molecule has 0 bridgehead atoms. The second-order valence-corrected chi connectivity index (χ2v) is 11.0. The summed E-state index contributed by atoms with van der Waals surface area (Å²) < 4.78 is 2.90. The molecule has 6 aromatic rings. The molecule has 0 aliphatic carbocycles. The molecule has 0 aliphatic heterocycles. The topological polar surface area (TPSA) is 58.7 Å². The Balaban J connectivity index is 0.000000181. The van der Waals surface area contributed by atoms with Crippen LogP contribution < -0.4 is 37.7 Å². The lowest BCUT2D eigenvalue weighted by Crippen LogP contribution is -2.74. The molecule has 6 rings (SSSR count). The SMILES string of the molecule is Cc1cc(C)[n+](-c2cc(=O)n(C)c(=O)[nH]2)c(C)c1.c1ccc([B-](c2ccccc2)(c2ccccc2)c2ccccc2)cc1. The van der Waals surface area contributed by atoms with Crippen molar-refractivity contribution in [3.63, 3.8) is 0 Å². The smallest absolute Gasteiger partial charge is 0.269 e. The number of nitrogens with one attached hydrogen (secondary N) is 1. The lowest BCUT2D eigenvalue weighted by atomic mass is 9.13. The van der Waals surface area contributed by atoms with E-state index in [1.807, 2.05) is 37.5 Å². The summed E-state index contributed by atoms with van der Waals surface area (Å²) in [7, 11) is 1.45. The van der Waals surface area contributed by atoms with Crippen molar-refractivity contribution in [2.24, 2.45) is 7.05 Å². The zero-order valence-corrected chi connectivity index (χ0v) is 25.1. The number of aromatic nitrogens is 3. The van der Waals surface area contributed by atoms with Crippen LogP contribution in [-0.4, -0.2) is 15.7 Å². The highest BCUT2D eigenvalue weighted by molar-refractivity contribution is 7.19. The van der Waals surface area contributed by atoms with Gasteiger partial charge < -0.3 is 0 Å². The number of nitrogens with zero attached hydrogens (tertiary/aromatic N) is 2. The van der Waals surface area contributed by atoms with E-state index in [4.69, 9.17) is 0 Å². The molecule has 1 N–H and O–H groups in total. The monoisotopic (exact) mass is 565 g/mol. The van der Waals surface area contributed by atoms with Crippen molar-refractivity contribution in [2.45, 2.75) is 20.8 Å². The normalized spacial score (nSPS) is 11.0. The van der Waals surface area contributed by atoms with E-state index in [1.54, 1.807) is 0 Å². The first-order valence-electron chi connectivity index (χ1n) is 14.5. The molecule has 0 atom stereocenters. The Kier molecular flexibility index (Phi) is 8.67. The van der Waals surface area contributed by atoms with E-state index in [-0.39, 0.29) is 5.56 Å². The quantitative estimate of drug-likeness (QED) is 0.258. The van der Waals surface area contributed by atoms with Crippen LogP contribution in [-0.2, 0) is 7.05 Å². The summed E-state index contributed by atoms with van der Waals surface area (Å²) in [6.45, 7) is 5.89. The molecule has 0 saturated carbocycles. The number of hydrogen-bond donors (Lipinski definition) is 1. The summed E-state index contributed by atoms with van der Waals surface area (Å²) in [6.07, 6.45) is -1.22. The van der Waals surface area contributed by atoms with Gasteiger partial charge in [-0.3, -0.25) is 4.79 Å². The highest BCUT2D eigenvalue weighted by atomic mass is 16.2. The molecule has 0 saturated heterocycles. The predicted octanol–water partition coefficient (Wildman–Crippen LogP) is 3.34. The molecular weight excluding hydrogens is 529 g/mol. The van der Waals surface area contributed by atoms with E-state index in [0.717, 1.165) is 21.5 Å². The minimum Gasteiger partial charge on any atom is -0.269 e. The number of pyridine rings is 1. The van der Waals surface area contributed by atoms with E-state index in [1.165, 1.54) is 35.0 Å². The summed E-state index contributed by atoms with van der Waals surface area (Å²) in [4.78, 5) is 26.0. The summed E-state index contributed by atoms with van der Waals surface area (Å²) in [5.74, 6) is 0.498. The molecular formula is C37H36BN3O2. The van der Waals surface area contributed by atoms with E-state index in [2.05, 4.69) is 126 Å². The standard InChI is InChI=1S/C24H20B.C13H15N3O2/c1-5-13-21(14-6-1)25(22-15-7-2-8-16-22,23-17-9-3-10-18-23)24-19-11-4-12-20-24;1-8-5-9(2)16(10(3)6-8)11-7-12(17)15(4)13(18)14-11/h1-20H;5-7H,1-4H3/q-1;/p+1. The Labute approximate surface area is 252 Å². The van der Waals surface area contributed by atoms with E-state index >= 15 is 0 Å². The highest BCUT2D eigenvalue weighted by Gasteiger charge is 2.31. The molecule has 2 heterocycles. The number of rotatable bonds is 5. The van der Waals surface area contributed by atoms with Gasteiger partial charge in [0.15, 0.2) is 0 Å². The molecule has 6 heteroatoms. The molecule has 0 aliphatic rings. The van der Waals surface area contributed by atoms with Crippen LogP contribution in [0.4, 0.5) is 0 Å². The van der Waals surface area contributed by atoms with Gasteiger partial charge in [0.2, 0.25) is 0 Å². The maximum absolute atomic E-state index is 11.7. The minimum atomic E-state index is -1.22.